The number of ether oxygens (including phenoxy) is 3. The molecule has 154 valence electrons. The number of rotatable bonds is 5. The summed E-state index contributed by atoms with van der Waals surface area (Å²) in [5, 5.41) is 0. The number of hydrogen-bond acceptors (Lipinski definition) is 8. The van der Waals surface area contributed by atoms with Crippen molar-refractivity contribution in [1.82, 2.24) is 5.48 Å². The fourth-order valence-corrected chi connectivity index (χ4v) is 3.37. The molecule has 30 heavy (non-hydrogen) atoms. The van der Waals surface area contributed by atoms with Crippen molar-refractivity contribution in [2.45, 2.75) is 13.0 Å². The summed E-state index contributed by atoms with van der Waals surface area (Å²) in [4.78, 5) is 43.5. The molecule has 1 saturated heterocycles. The fourth-order valence-electron chi connectivity index (χ4n) is 3.37. The summed E-state index contributed by atoms with van der Waals surface area (Å²) in [6.07, 6.45) is -1.06. The van der Waals surface area contributed by atoms with Crippen LogP contribution in [0.3, 0.4) is 0 Å². The third-order valence-electron chi connectivity index (χ3n) is 4.72. The van der Waals surface area contributed by atoms with E-state index in [1.54, 1.807) is 18.2 Å². The van der Waals surface area contributed by atoms with Crippen molar-refractivity contribution in [1.29, 1.82) is 0 Å². The van der Waals surface area contributed by atoms with Crippen molar-refractivity contribution < 1.29 is 33.4 Å². The summed E-state index contributed by atoms with van der Waals surface area (Å²) >= 11 is 0. The van der Waals surface area contributed by atoms with E-state index in [0.29, 0.717) is 34.2 Å². The van der Waals surface area contributed by atoms with Crippen LogP contribution in [0.4, 0.5) is 5.69 Å². The number of methoxy groups -OCH3 is 2. The molecule has 2 aromatic carbocycles. The van der Waals surface area contributed by atoms with E-state index in [1.807, 2.05) is 0 Å². The molecule has 0 spiro atoms. The number of hydroxylamine groups is 1. The van der Waals surface area contributed by atoms with Gasteiger partial charge in [0, 0.05) is 12.5 Å². The quantitative estimate of drug-likeness (QED) is 0.452. The van der Waals surface area contributed by atoms with Crippen LogP contribution in [-0.4, -0.2) is 38.1 Å². The number of fused-ring (bicyclic) bond motifs is 1. The van der Waals surface area contributed by atoms with E-state index < -0.39 is 23.9 Å². The molecule has 2 heterocycles. The van der Waals surface area contributed by atoms with Gasteiger partial charge >= 0.3 is 5.97 Å². The Balaban J connectivity index is 1.69. The van der Waals surface area contributed by atoms with Gasteiger partial charge in [-0.15, -0.1) is 0 Å². The first kappa shape index (κ1) is 19.5. The number of imide groups is 1. The van der Waals surface area contributed by atoms with E-state index in [9.17, 15) is 14.4 Å². The molecule has 0 radical (unpaired) electrons. The lowest BCUT2D eigenvalue weighted by Gasteiger charge is -2.16. The monoisotopic (exact) mass is 410 g/mol. The Morgan fingerprint density at radius 3 is 2.37 bits per heavy atom. The zero-order valence-electron chi connectivity index (χ0n) is 16.4. The lowest BCUT2D eigenvalue weighted by molar-refractivity contribution is -0.132. The summed E-state index contributed by atoms with van der Waals surface area (Å²) in [5.41, 5.74) is 4.23. The maximum absolute atomic E-state index is 13.1. The lowest BCUT2D eigenvalue weighted by atomic mass is 10.0. The highest BCUT2D eigenvalue weighted by Crippen LogP contribution is 2.38. The molecular weight excluding hydrogens is 392 g/mol. The molecule has 0 unspecified atom stereocenters. The molecule has 2 aliphatic heterocycles. The molecule has 1 fully saturated rings. The van der Waals surface area contributed by atoms with Gasteiger partial charge in [-0.3, -0.25) is 24.7 Å². The van der Waals surface area contributed by atoms with Gasteiger partial charge in [0.1, 0.15) is 5.75 Å². The Bertz CT molecular complexity index is 1080. The maximum atomic E-state index is 13.1. The third kappa shape index (κ3) is 3.15. The summed E-state index contributed by atoms with van der Waals surface area (Å²) < 4.78 is 15.5. The lowest BCUT2D eigenvalue weighted by Crippen LogP contribution is -2.34. The van der Waals surface area contributed by atoms with Crippen molar-refractivity contribution >= 4 is 29.2 Å². The fraction of sp³-hybridized carbons (Fsp3) is 0.190. The van der Waals surface area contributed by atoms with Crippen LogP contribution in [0.15, 0.2) is 48.0 Å². The number of amides is 2. The minimum absolute atomic E-state index is 0.205. The molecule has 9 heteroatoms. The average Bonchev–Trinajstić information content (AvgIpc) is 3.28. The Morgan fingerprint density at radius 2 is 1.73 bits per heavy atom. The molecular formula is C21H18N2O7. The first-order chi connectivity index (χ1) is 14.4. The first-order valence-corrected chi connectivity index (χ1v) is 8.99. The van der Waals surface area contributed by atoms with Crippen molar-refractivity contribution in [2.24, 2.45) is 0 Å². The number of esters is 1. The van der Waals surface area contributed by atoms with Crippen molar-refractivity contribution in [2.75, 3.05) is 19.1 Å². The van der Waals surface area contributed by atoms with Gasteiger partial charge < -0.3 is 14.2 Å². The highest BCUT2D eigenvalue weighted by molar-refractivity contribution is 6.33. The van der Waals surface area contributed by atoms with Crippen LogP contribution in [-0.2, 0) is 19.2 Å². The SMILES string of the molecule is COc1ccc(C2=C3C(=O)N(c4ccc(OC(C)=O)cc4)C(=O)[C@H]3ON2)cc1OC. The molecule has 9 nitrogen and oxygen atoms in total. The summed E-state index contributed by atoms with van der Waals surface area (Å²) in [6, 6.07) is 11.2. The molecule has 0 aliphatic carbocycles. The van der Waals surface area contributed by atoms with E-state index in [4.69, 9.17) is 19.0 Å². The summed E-state index contributed by atoms with van der Waals surface area (Å²) in [6.45, 7) is 1.29. The second-order valence-corrected chi connectivity index (χ2v) is 6.52. The number of anilines is 1. The topological polar surface area (TPSA) is 103 Å². The van der Waals surface area contributed by atoms with Crippen molar-refractivity contribution in [3.63, 3.8) is 0 Å². The Kier molecular flexibility index (Phi) is 4.88. The zero-order valence-corrected chi connectivity index (χ0v) is 16.4. The van der Waals surface area contributed by atoms with Gasteiger partial charge in [0.05, 0.1) is 31.2 Å². The van der Waals surface area contributed by atoms with Gasteiger partial charge in [0.25, 0.3) is 11.8 Å². The predicted octanol–water partition coefficient (Wildman–Crippen LogP) is 1.82. The molecule has 0 saturated carbocycles. The van der Waals surface area contributed by atoms with Gasteiger partial charge in [-0.2, -0.15) is 0 Å². The van der Waals surface area contributed by atoms with Crippen LogP contribution in [0.2, 0.25) is 0 Å². The molecule has 0 aromatic heterocycles. The Morgan fingerprint density at radius 1 is 1.03 bits per heavy atom. The Labute approximate surface area is 171 Å². The maximum Gasteiger partial charge on any atom is 0.308 e. The molecule has 2 aliphatic rings. The normalized spacial score (nSPS) is 17.7. The zero-order chi connectivity index (χ0) is 21.4. The van der Waals surface area contributed by atoms with E-state index in [-0.39, 0.29) is 5.57 Å². The van der Waals surface area contributed by atoms with E-state index >= 15 is 0 Å². The van der Waals surface area contributed by atoms with Crippen LogP contribution in [0, 0.1) is 0 Å². The van der Waals surface area contributed by atoms with Crippen LogP contribution in [0.1, 0.15) is 12.5 Å². The number of benzene rings is 2. The van der Waals surface area contributed by atoms with Crippen LogP contribution >= 0.6 is 0 Å². The molecule has 1 N–H and O–H groups in total. The first-order valence-electron chi connectivity index (χ1n) is 8.99. The second-order valence-electron chi connectivity index (χ2n) is 6.52. The van der Waals surface area contributed by atoms with Crippen molar-refractivity contribution in [3.05, 3.63) is 53.6 Å². The Hall–Kier alpha value is -3.85. The smallest absolute Gasteiger partial charge is 0.308 e. The van der Waals surface area contributed by atoms with Gasteiger partial charge in [0.2, 0.25) is 0 Å². The van der Waals surface area contributed by atoms with E-state index in [0.717, 1.165) is 4.90 Å². The van der Waals surface area contributed by atoms with Crippen LogP contribution in [0.5, 0.6) is 17.2 Å². The largest absolute Gasteiger partial charge is 0.493 e. The van der Waals surface area contributed by atoms with Gasteiger partial charge in [0.15, 0.2) is 17.6 Å². The van der Waals surface area contributed by atoms with Gasteiger partial charge in [-0.25, -0.2) is 4.90 Å². The van der Waals surface area contributed by atoms with E-state index in [2.05, 4.69) is 5.48 Å². The summed E-state index contributed by atoms with van der Waals surface area (Å²) in [5.74, 6) is -0.157. The second kappa shape index (κ2) is 7.53. The number of nitrogens with zero attached hydrogens (tertiary/aromatic N) is 1. The van der Waals surface area contributed by atoms with E-state index in [1.165, 1.54) is 45.4 Å². The summed E-state index contributed by atoms with van der Waals surface area (Å²) in [7, 11) is 3.03. The molecule has 2 amide bonds. The van der Waals surface area contributed by atoms with Crippen molar-refractivity contribution in [3.8, 4) is 17.2 Å². The highest BCUT2D eigenvalue weighted by Gasteiger charge is 2.50. The molecule has 2 aromatic rings. The number of nitrogens with one attached hydrogen (secondary N) is 1. The minimum Gasteiger partial charge on any atom is -0.493 e. The minimum atomic E-state index is -1.06. The predicted molar refractivity (Wildman–Crippen MR) is 105 cm³/mol. The number of carbonyl (C=O) groups excluding carboxylic acids is 3. The van der Waals surface area contributed by atoms with Crippen LogP contribution < -0.4 is 24.6 Å². The number of hydrogen-bond donors (Lipinski definition) is 1. The molecule has 1 atom stereocenters. The molecule has 0 bridgehead atoms. The van der Waals surface area contributed by atoms with Gasteiger partial charge in [-0.1, -0.05) is 0 Å². The standard InChI is InChI=1S/C21H18N2O7/c1-11(24)29-14-7-5-13(6-8-14)23-20(25)17-18(22-30-19(17)21(23)26)12-4-9-15(27-2)16(10-12)28-3/h4-10,19,22H,1-3H3/t19-/m0/s1. The van der Waals surface area contributed by atoms with Gasteiger partial charge in [-0.05, 0) is 42.5 Å². The van der Waals surface area contributed by atoms with Crippen LogP contribution in [0.25, 0.3) is 5.70 Å². The molecule has 4 rings (SSSR count). The average molecular weight is 410 g/mol. The highest BCUT2D eigenvalue weighted by atomic mass is 16.7. The third-order valence-corrected chi connectivity index (χ3v) is 4.72. The number of carbonyl (C=O) groups is 3.